The van der Waals surface area contributed by atoms with Gasteiger partial charge in [-0.15, -0.1) is 0 Å². The second kappa shape index (κ2) is 16.2. The summed E-state index contributed by atoms with van der Waals surface area (Å²) in [5.41, 5.74) is 0. The van der Waals surface area contributed by atoms with Crippen molar-refractivity contribution in [1.82, 2.24) is 0 Å². The van der Waals surface area contributed by atoms with Crippen molar-refractivity contribution in [2.45, 2.75) is 19.8 Å². The van der Waals surface area contributed by atoms with Crippen LogP contribution in [0.2, 0.25) is 0 Å². The van der Waals surface area contributed by atoms with Crippen LogP contribution in [0.5, 0.6) is 0 Å². The van der Waals surface area contributed by atoms with E-state index in [-0.39, 0.29) is 47.2 Å². The van der Waals surface area contributed by atoms with E-state index in [2.05, 4.69) is 13.8 Å². The zero-order valence-electron chi connectivity index (χ0n) is 4.03. The van der Waals surface area contributed by atoms with Gasteiger partial charge in [-0.25, -0.2) is 0 Å². The van der Waals surface area contributed by atoms with Crippen molar-refractivity contribution in [1.29, 1.82) is 0 Å². The molecule has 0 fully saturated rings. The molecule has 1 radical (unpaired) electrons. The van der Waals surface area contributed by atoms with Crippen LogP contribution in [0.25, 0.3) is 0 Å². The number of rotatable bonds is 1. The molecule has 0 N–H and O–H groups in total. The molecule has 0 aromatic rings. The number of hydrogen-bond donors (Lipinski definition) is 0. The van der Waals surface area contributed by atoms with Crippen LogP contribution < -0.4 is 0 Å². The summed E-state index contributed by atoms with van der Waals surface area (Å²) in [7, 11) is 0. The Morgan fingerprint density at radius 1 is 1.50 bits per heavy atom. The summed E-state index contributed by atoms with van der Waals surface area (Å²) in [6.45, 7) is 5.72. The van der Waals surface area contributed by atoms with Crippen molar-refractivity contribution >= 4 is 0 Å². The molecule has 2 heteroatoms. The quantitative estimate of drug-likeness (QED) is 0.591. The van der Waals surface area contributed by atoms with Gasteiger partial charge in [-0.1, -0.05) is 13.3 Å². The summed E-state index contributed by atoms with van der Waals surface area (Å²) in [4.78, 5) is 0. The maximum absolute atomic E-state index is 3.60. The van der Waals surface area contributed by atoms with Gasteiger partial charge in [-0.05, 0) is 0 Å². The zero-order valence-corrected chi connectivity index (χ0v) is 7.17. The molecular formula is C4H9CeO. The molecule has 0 saturated heterocycles. The third kappa shape index (κ3) is 18.4. The van der Waals surface area contributed by atoms with Crippen molar-refractivity contribution in [3.63, 3.8) is 0 Å². The Bertz CT molecular complexity index is 9.51. The second-order valence-electron chi connectivity index (χ2n) is 0.854. The first-order valence-electron chi connectivity index (χ1n) is 1.71. The minimum absolute atomic E-state index is 0. The van der Waals surface area contributed by atoms with E-state index in [1.54, 1.807) is 0 Å². The minimum Gasteiger partial charge on any atom is -2.00 e. The Morgan fingerprint density at radius 2 is 1.67 bits per heavy atom. The summed E-state index contributed by atoms with van der Waals surface area (Å²) in [6.07, 6.45) is 2.28. The van der Waals surface area contributed by atoms with Gasteiger partial charge in [0.2, 0.25) is 0 Å². The van der Waals surface area contributed by atoms with E-state index < -0.39 is 0 Å². The van der Waals surface area contributed by atoms with Crippen molar-refractivity contribution in [2.24, 2.45) is 0 Å². The molecule has 6 heavy (non-hydrogen) atoms. The second-order valence-corrected chi connectivity index (χ2v) is 0.854. The average molecular weight is 213 g/mol. The van der Waals surface area contributed by atoms with E-state index in [9.17, 15) is 0 Å². The summed E-state index contributed by atoms with van der Waals surface area (Å²) in [6, 6.07) is 0. The van der Waals surface area contributed by atoms with Gasteiger partial charge in [0.05, 0.1) is 0 Å². The zero-order chi connectivity index (χ0) is 3.41. The standard InChI is InChI=1S/C4H9.Ce.O/c1-3-4-2;;/h1,3-4H2,2H3;;/q-1;+3;-2. The number of unbranched alkanes of at least 4 members (excludes halogenated alkanes) is 1. The fraction of sp³-hybridized carbons (Fsp3) is 0.750. The first-order valence-corrected chi connectivity index (χ1v) is 1.71. The number of hydrogen-bond acceptors (Lipinski definition) is 0. The Morgan fingerprint density at radius 3 is 1.67 bits per heavy atom. The topological polar surface area (TPSA) is 28.5 Å². The van der Waals surface area contributed by atoms with Crippen LogP contribution >= 0.6 is 0 Å². The van der Waals surface area contributed by atoms with E-state index in [4.69, 9.17) is 0 Å². The monoisotopic (exact) mass is 213 g/mol. The average Bonchev–Trinajstić information content (AvgIpc) is 1.37. The van der Waals surface area contributed by atoms with Gasteiger partial charge in [-0.2, -0.15) is 6.42 Å². The molecule has 35 valence electrons. The van der Waals surface area contributed by atoms with Crippen molar-refractivity contribution in [3.05, 3.63) is 6.92 Å². The van der Waals surface area contributed by atoms with E-state index in [0.29, 0.717) is 0 Å². The van der Waals surface area contributed by atoms with Crippen molar-refractivity contribution in [2.75, 3.05) is 0 Å². The predicted molar refractivity (Wildman–Crippen MR) is 21.0 cm³/mol. The van der Waals surface area contributed by atoms with Gasteiger partial charge in [0.1, 0.15) is 0 Å². The molecular weight excluding hydrogens is 204 g/mol. The fourth-order valence-electron chi connectivity index (χ4n) is 0. The van der Waals surface area contributed by atoms with Gasteiger partial charge in [-0.3, -0.25) is 0 Å². The van der Waals surface area contributed by atoms with Gasteiger partial charge >= 0.3 is 41.7 Å². The third-order valence-corrected chi connectivity index (χ3v) is 0.354. The van der Waals surface area contributed by atoms with Crippen LogP contribution in [0.1, 0.15) is 19.8 Å². The Kier molecular flexibility index (Phi) is 42.3. The molecule has 0 aliphatic heterocycles. The molecule has 0 bridgehead atoms. The molecule has 0 aliphatic carbocycles. The molecule has 0 atom stereocenters. The first-order chi connectivity index (χ1) is 1.91. The van der Waals surface area contributed by atoms with E-state index in [1.165, 1.54) is 6.42 Å². The summed E-state index contributed by atoms with van der Waals surface area (Å²) >= 11 is 0. The van der Waals surface area contributed by atoms with Gasteiger partial charge in [0.15, 0.2) is 0 Å². The van der Waals surface area contributed by atoms with Crippen LogP contribution in [0.3, 0.4) is 0 Å². The third-order valence-electron chi connectivity index (χ3n) is 0.354. The normalized spacial score (nSPS) is 5.00. The SMILES string of the molecule is [CH2-]CCC.[Ce+3].[O-2]. The maximum Gasteiger partial charge on any atom is 3.00 e. The molecule has 0 aromatic heterocycles. The molecule has 0 unspecified atom stereocenters. The molecule has 0 spiro atoms. The molecule has 0 rings (SSSR count). The summed E-state index contributed by atoms with van der Waals surface area (Å²) < 4.78 is 0. The van der Waals surface area contributed by atoms with Crippen LogP contribution in [-0.4, -0.2) is 0 Å². The molecule has 0 aromatic carbocycles. The van der Waals surface area contributed by atoms with Gasteiger partial charge < -0.3 is 12.4 Å². The molecule has 0 amide bonds. The first kappa shape index (κ1) is 15.7. The molecule has 0 heterocycles. The molecule has 0 saturated carbocycles. The van der Waals surface area contributed by atoms with Crippen molar-refractivity contribution in [3.8, 4) is 0 Å². The Balaban J connectivity index is -0.0000000450. The molecule has 1 nitrogen and oxygen atoms in total. The van der Waals surface area contributed by atoms with E-state index in [0.717, 1.165) is 6.42 Å². The van der Waals surface area contributed by atoms with Crippen LogP contribution in [0.4, 0.5) is 0 Å². The molecule has 0 aliphatic rings. The smallest absolute Gasteiger partial charge is 2.00 e. The van der Waals surface area contributed by atoms with Crippen LogP contribution in [-0.2, 0) is 5.48 Å². The minimum atomic E-state index is 0. The van der Waals surface area contributed by atoms with Gasteiger partial charge in [0.25, 0.3) is 0 Å². The van der Waals surface area contributed by atoms with E-state index >= 15 is 0 Å². The Hall–Kier alpha value is 1.34. The van der Waals surface area contributed by atoms with Crippen LogP contribution in [0, 0.1) is 48.7 Å². The van der Waals surface area contributed by atoms with Crippen molar-refractivity contribution < 1.29 is 47.2 Å². The predicted octanol–water partition coefficient (Wildman–Crippen LogP) is 1.50. The fourth-order valence-corrected chi connectivity index (χ4v) is 0. The largest absolute Gasteiger partial charge is 3.00 e. The van der Waals surface area contributed by atoms with Gasteiger partial charge in [0, 0.05) is 0 Å². The summed E-state index contributed by atoms with van der Waals surface area (Å²) in [5, 5.41) is 0. The van der Waals surface area contributed by atoms with Crippen LogP contribution in [0.15, 0.2) is 0 Å². The Labute approximate surface area is 73.2 Å². The maximum atomic E-state index is 3.60. The van der Waals surface area contributed by atoms with E-state index in [1.807, 2.05) is 0 Å². The summed E-state index contributed by atoms with van der Waals surface area (Å²) in [5.74, 6) is 0.